The van der Waals surface area contributed by atoms with E-state index in [0.29, 0.717) is 6.42 Å². The maximum absolute atomic E-state index is 11.8. The maximum atomic E-state index is 11.8. The van der Waals surface area contributed by atoms with Crippen LogP contribution in [0.4, 0.5) is 0 Å². The fourth-order valence-corrected chi connectivity index (χ4v) is 1.69. The van der Waals surface area contributed by atoms with Crippen molar-refractivity contribution in [3.63, 3.8) is 0 Å². The van der Waals surface area contributed by atoms with Gasteiger partial charge in [0.1, 0.15) is 12.6 Å². The second kappa shape index (κ2) is 5.63. The van der Waals surface area contributed by atoms with Gasteiger partial charge < -0.3 is 4.90 Å². The van der Waals surface area contributed by atoms with Crippen LogP contribution in [0.1, 0.15) is 39.5 Å². The first-order valence-electron chi connectivity index (χ1n) is 5.69. The summed E-state index contributed by atoms with van der Waals surface area (Å²) in [5.74, 6) is -0.892. The van der Waals surface area contributed by atoms with E-state index in [1.807, 2.05) is 0 Å². The number of rotatable bonds is 4. The molecule has 1 atom stereocenters. The number of unbranched alkanes of at least 4 members (excludes halogenated alkanes) is 2. The molecule has 1 N–H and O–H groups in total. The summed E-state index contributed by atoms with van der Waals surface area (Å²) in [5.41, 5.74) is 0. The average molecular weight is 226 g/mol. The van der Waals surface area contributed by atoms with Crippen molar-refractivity contribution in [2.45, 2.75) is 45.6 Å². The molecule has 1 saturated heterocycles. The molecule has 0 aromatic rings. The molecule has 1 aliphatic heterocycles. The van der Waals surface area contributed by atoms with Crippen molar-refractivity contribution in [1.82, 2.24) is 10.2 Å². The molecule has 0 aromatic carbocycles. The Hall–Kier alpha value is -1.39. The lowest BCUT2D eigenvalue weighted by molar-refractivity contribution is -0.149. The summed E-state index contributed by atoms with van der Waals surface area (Å²) >= 11 is 0. The van der Waals surface area contributed by atoms with E-state index in [4.69, 9.17) is 0 Å². The van der Waals surface area contributed by atoms with Gasteiger partial charge in [0, 0.05) is 6.42 Å². The monoisotopic (exact) mass is 226 g/mol. The van der Waals surface area contributed by atoms with Gasteiger partial charge in [0.2, 0.25) is 17.7 Å². The molecule has 1 heterocycles. The van der Waals surface area contributed by atoms with E-state index in [1.54, 1.807) is 6.92 Å². The van der Waals surface area contributed by atoms with Crippen molar-refractivity contribution in [2.75, 3.05) is 6.54 Å². The minimum absolute atomic E-state index is 0.00212. The predicted octanol–water partition coefficient (Wildman–Crippen LogP) is 0.440. The van der Waals surface area contributed by atoms with Gasteiger partial charge >= 0.3 is 0 Å². The maximum Gasteiger partial charge on any atom is 0.249 e. The van der Waals surface area contributed by atoms with Crippen LogP contribution in [-0.2, 0) is 14.4 Å². The quantitative estimate of drug-likeness (QED) is 0.558. The SMILES string of the molecule is CCCCCC(=O)N1CC(=O)NC(=O)C1C. The molecule has 0 saturated carbocycles. The molecule has 1 fully saturated rings. The first-order chi connectivity index (χ1) is 7.56. The second-order valence-electron chi connectivity index (χ2n) is 4.07. The van der Waals surface area contributed by atoms with Crippen LogP contribution in [0.25, 0.3) is 0 Å². The Morgan fingerprint density at radius 2 is 2.12 bits per heavy atom. The summed E-state index contributed by atoms with van der Waals surface area (Å²) in [4.78, 5) is 35.6. The minimum atomic E-state index is -0.535. The summed E-state index contributed by atoms with van der Waals surface area (Å²) < 4.78 is 0. The Labute approximate surface area is 95.2 Å². The number of hydrogen-bond donors (Lipinski definition) is 1. The van der Waals surface area contributed by atoms with Crippen LogP contribution in [0.2, 0.25) is 0 Å². The molecule has 0 bridgehead atoms. The highest BCUT2D eigenvalue weighted by Gasteiger charge is 2.32. The Kier molecular flexibility index (Phi) is 4.46. The molecule has 1 aliphatic rings. The zero-order valence-electron chi connectivity index (χ0n) is 9.78. The van der Waals surface area contributed by atoms with Crippen LogP contribution in [0.3, 0.4) is 0 Å². The van der Waals surface area contributed by atoms with Crippen molar-refractivity contribution < 1.29 is 14.4 Å². The largest absolute Gasteiger partial charge is 0.322 e. The molecular formula is C11H18N2O3. The Bertz CT molecular complexity index is 302. The number of carbonyl (C=O) groups excluding carboxylic acids is 3. The topological polar surface area (TPSA) is 66.5 Å². The van der Waals surface area contributed by atoms with Crippen LogP contribution in [0.5, 0.6) is 0 Å². The Balaban J connectivity index is 2.53. The fraction of sp³-hybridized carbons (Fsp3) is 0.727. The van der Waals surface area contributed by atoms with Crippen molar-refractivity contribution >= 4 is 17.7 Å². The van der Waals surface area contributed by atoms with Crippen molar-refractivity contribution in [2.24, 2.45) is 0 Å². The van der Waals surface area contributed by atoms with Gasteiger partial charge in [-0.1, -0.05) is 19.8 Å². The van der Waals surface area contributed by atoms with Crippen LogP contribution in [0, 0.1) is 0 Å². The third-order valence-electron chi connectivity index (χ3n) is 2.74. The Morgan fingerprint density at radius 3 is 2.75 bits per heavy atom. The average Bonchev–Trinajstić information content (AvgIpc) is 2.23. The number of piperazine rings is 1. The van der Waals surface area contributed by atoms with Crippen molar-refractivity contribution in [1.29, 1.82) is 0 Å². The van der Waals surface area contributed by atoms with Gasteiger partial charge in [0.25, 0.3) is 0 Å². The van der Waals surface area contributed by atoms with E-state index in [9.17, 15) is 14.4 Å². The van der Waals surface area contributed by atoms with Gasteiger partial charge in [0.05, 0.1) is 0 Å². The van der Waals surface area contributed by atoms with Gasteiger partial charge in [-0.2, -0.15) is 0 Å². The second-order valence-corrected chi connectivity index (χ2v) is 4.07. The molecule has 0 aromatic heterocycles. The summed E-state index contributed by atoms with van der Waals surface area (Å²) in [7, 11) is 0. The first-order valence-corrected chi connectivity index (χ1v) is 5.69. The molecule has 90 valence electrons. The number of imide groups is 1. The van der Waals surface area contributed by atoms with E-state index in [0.717, 1.165) is 19.3 Å². The van der Waals surface area contributed by atoms with Crippen LogP contribution in [-0.4, -0.2) is 35.2 Å². The molecule has 0 radical (unpaired) electrons. The van der Waals surface area contributed by atoms with Gasteiger partial charge in [-0.25, -0.2) is 0 Å². The highest BCUT2D eigenvalue weighted by molar-refractivity contribution is 6.04. The minimum Gasteiger partial charge on any atom is -0.322 e. The number of hydrogen-bond acceptors (Lipinski definition) is 3. The summed E-state index contributed by atoms with van der Waals surface area (Å²) in [6.45, 7) is 3.70. The predicted molar refractivity (Wildman–Crippen MR) is 58.5 cm³/mol. The standard InChI is InChI=1S/C11H18N2O3/c1-3-4-5-6-10(15)13-7-9(14)12-11(16)8(13)2/h8H,3-7H2,1-2H3,(H,12,14,16). The third kappa shape index (κ3) is 3.05. The zero-order chi connectivity index (χ0) is 12.1. The van der Waals surface area contributed by atoms with Crippen molar-refractivity contribution in [3.8, 4) is 0 Å². The lowest BCUT2D eigenvalue weighted by Gasteiger charge is -2.31. The highest BCUT2D eigenvalue weighted by atomic mass is 16.2. The number of amides is 3. The summed E-state index contributed by atoms with van der Waals surface area (Å²) in [6.07, 6.45) is 3.27. The van der Waals surface area contributed by atoms with Gasteiger partial charge in [-0.3, -0.25) is 19.7 Å². The molecule has 0 spiro atoms. The summed E-state index contributed by atoms with van der Waals surface area (Å²) in [6, 6.07) is -0.535. The van der Waals surface area contributed by atoms with E-state index < -0.39 is 11.9 Å². The molecule has 3 amide bonds. The van der Waals surface area contributed by atoms with E-state index >= 15 is 0 Å². The lowest BCUT2D eigenvalue weighted by Crippen LogP contribution is -2.58. The molecule has 5 heteroatoms. The lowest BCUT2D eigenvalue weighted by atomic mass is 10.1. The number of nitrogens with one attached hydrogen (secondary N) is 1. The molecular weight excluding hydrogens is 208 g/mol. The summed E-state index contributed by atoms with van der Waals surface area (Å²) in [5, 5.41) is 2.21. The van der Waals surface area contributed by atoms with Crippen LogP contribution < -0.4 is 5.32 Å². The fourth-order valence-electron chi connectivity index (χ4n) is 1.69. The molecule has 0 aliphatic carbocycles. The van der Waals surface area contributed by atoms with E-state index in [-0.39, 0.29) is 18.4 Å². The van der Waals surface area contributed by atoms with Crippen molar-refractivity contribution in [3.05, 3.63) is 0 Å². The van der Waals surface area contributed by atoms with E-state index in [1.165, 1.54) is 4.90 Å². The zero-order valence-corrected chi connectivity index (χ0v) is 9.78. The van der Waals surface area contributed by atoms with Gasteiger partial charge in [-0.05, 0) is 13.3 Å². The van der Waals surface area contributed by atoms with Gasteiger partial charge in [0.15, 0.2) is 0 Å². The van der Waals surface area contributed by atoms with Crippen LogP contribution >= 0.6 is 0 Å². The molecule has 1 rings (SSSR count). The third-order valence-corrected chi connectivity index (χ3v) is 2.74. The Morgan fingerprint density at radius 1 is 1.44 bits per heavy atom. The number of nitrogens with zero attached hydrogens (tertiary/aromatic N) is 1. The molecule has 5 nitrogen and oxygen atoms in total. The van der Waals surface area contributed by atoms with Gasteiger partial charge in [-0.15, -0.1) is 0 Å². The smallest absolute Gasteiger partial charge is 0.249 e. The number of carbonyl (C=O) groups is 3. The van der Waals surface area contributed by atoms with Crippen LogP contribution in [0.15, 0.2) is 0 Å². The molecule has 1 unspecified atom stereocenters. The van der Waals surface area contributed by atoms with E-state index in [2.05, 4.69) is 12.2 Å². The first kappa shape index (κ1) is 12.7. The highest BCUT2D eigenvalue weighted by Crippen LogP contribution is 2.09. The molecule has 16 heavy (non-hydrogen) atoms. The normalized spacial score (nSPS) is 20.9.